The summed E-state index contributed by atoms with van der Waals surface area (Å²) in [5.74, 6) is -5.18. The van der Waals surface area contributed by atoms with Gasteiger partial charge in [-0.25, -0.2) is 21.6 Å². The average molecular weight is 1930 g/mol. The van der Waals surface area contributed by atoms with Gasteiger partial charge in [-0.1, -0.05) is 56.3 Å². The van der Waals surface area contributed by atoms with Crippen LogP contribution in [0.5, 0.6) is 0 Å². The number of aromatic carboxylic acids is 1. The number of carbonyl (C=O) groups is 3. The molecule has 37 nitrogen and oxygen atoms in total. The summed E-state index contributed by atoms with van der Waals surface area (Å²) >= 11 is 0. The lowest BCUT2D eigenvalue weighted by Crippen LogP contribution is -2.31. The van der Waals surface area contributed by atoms with Gasteiger partial charge in [-0.2, -0.15) is 59.7 Å². The molecule has 7 aromatic carbocycles. The molecule has 4 heterocycles. The van der Waals surface area contributed by atoms with E-state index in [1.807, 2.05) is 29.1 Å². The van der Waals surface area contributed by atoms with E-state index in [1.54, 1.807) is 131 Å². The molecule has 0 aromatic heterocycles. The number of benzene rings is 7. The van der Waals surface area contributed by atoms with Crippen molar-refractivity contribution in [3.63, 3.8) is 0 Å². The number of nitrogens with zero attached hydrogens (tertiary/aromatic N) is 4. The Morgan fingerprint density at radius 2 is 0.976 bits per heavy atom. The van der Waals surface area contributed by atoms with Crippen LogP contribution in [0.4, 0.5) is 22.7 Å². The Morgan fingerprint density at radius 1 is 0.465 bits per heavy atom. The third-order valence-electron chi connectivity index (χ3n) is 22.7. The number of fused-ring (bicyclic) bond motifs is 8. The standard InChI is InChI=1S/C81H92N6O28S8.O3S/c1-78(2)62-43-52(24-31-63(62)84(36-14-40-117(95,96)97)68(78)17-11-18-70-80(5,6)74-61(77(90)91)46-56(121(107,108)109)47-66(74)87(70)38-16-42-119(101,102)103)50-83-76(89)54-25-22-51(23-26-54)49-82-72(88)21-9-8-10-35-85-64-33-30-58-60(45-57(122(110,111)112)48-67(58)123(113,114)115)73(64)79(3,4)69(85)19-12-20-71-81(7,34-13-39-116(92,93)94)75-59-44-55(120(104,105)106)29-27-53(59)28-32-65(75)86(71)37-15-41-118(98,99)100;1-4(2)3/h11-12,17-20,22-33,43-48H,8-10,13-16,21,34-42,49-50H2,1-7H3,(H9-2,82,83,88,89,90,91,92,93,94,95,96,97,98,99,100,101,102,103,104,105,106,107,108,109,110,111,112,113,114,115);. The van der Waals surface area contributed by atoms with E-state index in [9.17, 15) is 123 Å². The number of hydrogen-bond donors (Lipinski definition) is 9. The lowest BCUT2D eigenvalue weighted by Gasteiger charge is -2.31. The Balaban J connectivity index is 0.00000411. The Hall–Kier alpha value is -9.73. The molecule has 4 aliphatic rings. The molecule has 0 aliphatic carbocycles. The molecule has 0 radical (unpaired) electrons. The van der Waals surface area contributed by atoms with Crippen molar-refractivity contribution < 1.29 is 145 Å². The highest BCUT2D eigenvalue weighted by atomic mass is 32.3. The first-order chi connectivity index (χ1) is 58.5. The van der Waals surface area contributed by atoms with Gasteiger partial charge in [0.25, 0.3) is 66.6 Å². The fourth-order valence-corrected chi connectivity index (χ4v) is 21.5. The van der Waals surface area contributed by atoms with E-state index in [0.717, 1.165) is 23.8 Å². The molecule has 0 saturated heterocycles. The van der Waals surface area contributed by atoms with Gasteiger partial charge in [0.15, 0.2) is 11.4 Å². The van der Waals surface area contributed by atoms with Crippen LogP contribution in [-0.4, -0.2) is 209 Å². The molecule has 0 spiro atoms. The van der Waals surface area contributed by atoms with E-state index in [-0.39, 0.29) is 111 Å². The molecule has 9 N–H and O–H groups in total. The van der Waals surface area contributed by atoms with Crippen LogP contribution < -0.4 is 20.4 Å². The van der Waals surface area contributed by atoms with Crippen molar-refractivity contribution in [3.8, 4) is 0 Å². The van der Waals surface area contributed by atoms with Crippen LogP contribution in [0, 0.1) is 0 Å². The zero-order chi connectivity index (χ0) is 94.3. The smallest absolute Gasteiger partial charge is 0.425 e. The van der Waals surface area contributed by atoms with Crippen LogP contribution in [-0.2, 0) is 131 Å². The summed E-state index contributed by atoms with van der Waals surface area (Å²) in [6.07, 6.45) is 10.5. The largest absolute Gasteiger partial charge is 0.748 e. The van der Waals surface area contributed by atoms with E-state index in [4.69, 9.17) is 12.6 Å². The number of amides is 2. The molecule has 686 valence electrons. The fourth-order valence-electron chi connectivity index (χ4n) is 17.2. The third kappa shape index (κ3) is 23.3. The minimum Gasteiger partial charge on any atom is -0.748 e. The molecule has 0 fully saturated rings. The highest BCUT2D eigenvalue weighted by Crippen LogP contribution is 2.55. The average Bonchev–Trinajstić information content (AvgIpc) is 1.56. The van der Waals surface area contributed by atoms with E-state index < -0.39 is 173 Å². The predicted octanol–water partition coefficient (Wildman–Crippen LogP) is 8.51. The summed E-state index contributed by atoms with van der Waals surface area (Å²) in [7, 11) is -41.6. The molecule has 7 aromatic rings. The maximum Gasteiger partial charge on any atom is 0.425 e. The highest BCUT2D eigenvalue weighted by Gasteiger charge is 2.50. The lowest BCUT2D eigenvalue weighted by molar-refractivity contribution is -0.438. The molecule has 127 heavy (non-hydrogen) atoms. The van der Waals surface area contributed by atoms with Gasteiger partial charge >= 0.3 is 16.6 Å². The van der Waals surface area contributed by atoms with Crippen LogP contribution in [0.2, 0.25) is 0 Å². The molecule has 2 amide bonds. The quantitative estimate of drug-likeness (QED) is 0.0101. The number of hydrogen-bond acceptors (Lipinski definition) is 26. The topological polar surface area (TPSA) is 600 Å². The minimum atomic E-state index is -5.16. The minimum absolute atomic E-state index is 0.0241. The summed E-state index contributed by atoms with van der Waals surface area (Å²) in [6.45, 7) is 12.4. The predicted molar refractivity (Wildman–Crippen MR) is 465 cm³/mol. The van der Waals surface area contributed by atoms with Crippen LogP contribution in [0.25, 0.3) is 21.5 Å². The number of allylic oxidation sites excluding steroid dienone is 8. The van der Waals surface area contributed by atoms with E-state index in [2.05, 4.69) is 10.6 Å². The Morgan fingerprint density at radius 3 is 1.56 bits per heavy atom. The van der Waals surface area contributed by atoms with Crippen molar-refractivity contribution in [2.45, 2.75) is 161 Å². The van der Waals surface area contributed by atoms with E-state index in [0.29, 0.717) is 98.2 Å². The van der Waals surface area contributed by atoms with Crippen LogP contribution in [0.3, 0.4) is 0 Å². The number of unbranched alkanes of at least 4 members (excludes halogenated alkanes) is 2. The summed E-state index contributed by atoms with van der Waals surface area (Å²) in [4.78, 5) is 40.3. The van der Waals surface area contributed by atoms with Gasteiger partial charge < -0.3 is 34.6 Å². The van der Waals surface area contributed by atoms with E-state index in [1.165, 1.54) is 29.2 Å². The summed E-state index contributed by atoms with van der Waals surface area (Å²) in [5, 5.41) is 16.9. The first-order valence-electron chi connectivity index (χ1n) is 39.0. The summed E-state index contributed by atoms with van der Waals surface area (Å²) < 4.78 is 311. The van der Waals surface area contributed by atoms with Crippen LogP contribution >= 0.6 is 0 Å². The maximum absolute atomic E-state index is 13.8. The molecule has 1 unspecified atom stereocenters. The van der Waals surface area contributed by atoms with Crippen molar-refractivity contribution >= 4 is 165 Å². The number of carboxylic acid groups (broad SMARTS) is 1. The first-order valence-corrected chi connectivity index (χ1v) is 52.1. The Bertz CT molecular complexity index is 7000. The van der Waals surface area contributed by atoms with Gasteiger partial charge in [-0.15, -0.1) is 12.6 Å². The van der Waals surface area contributed by atoms with Crippen molar-refractivity contribution in [1.29, 1.82) is 0 Å². The maximum atomic E-state index is 13.8. The van der Waals surface area contributed by atoms with Gasteiger partial charge in [0.2, 0.25) is 17.3 Å². The third-order valence-corrected chi connectivity index (χ3v) is 29.3. The fraction of sp³-hybridized carbons (Fsp3) is 0.370. The molecule has 0 saturated carbocycles. The molecule has 0 bridgehead atoms. The second-order valence-electron chi connectivity index (χ2n) is 32.6. The Kier molecular flexibility index (Phi) is 29.3. The number of carboxylic acids is 1. The molecular weight excluding hydrogens is 1840 g/mol. The summed E-state index contributed by atoms with van der Waals surface area (Å²) in [6, 6.07) is 25.7. The number of anilines is 2. The molecule has 11 rings (SSSR count). The van der Waals surface area contributed by atoms with Crippen molar-refractivity contribution in [3.05, 3.63) is 202 Å². The zero-order valence-electron chi connectivity index (χ0n) is 69.2. The van der Waals surface area contributed by atoms with Crippen molar-refractivity contribution in [1.82, 2.24) is 10.6 Å². The van der Waals surface area contributed by atoms with Crippen LogP contribution in [0.1, 0.15) is 160 Å². The van der Waals surface area contributed by atoms with Crippen molar-refractivity contribution in [2.24, 2.45) is 0 Å². The van der Waals surface area contributed by atoms with Gasteiger partial charge in [-0.3, -0.25) is 36.9 Å². The van der Waals surface area contributed by atoms with Gasteiger partial charge in [-0.05, 0) is 185 Å². The Labute approximate surface area is 736 Å². The summed E-state index contributed by atoms with van der Waals surface area (Å²) in [5.41, 5.74) is 1.65. The molecule has 1 atom stereocenters. The molecular formula is C81H92N6O31S9. The van der Waals surface area contributed by atoms with Crippen LogP contribution in [0.15, 0.2) is 177 Å². The van der Waals surface area contributed by atoms with Gasteiger partial charge in [0.05, 0.1) is 62.8 Å². The second-order valence-corrected chi connectivity index (χ2v) is 44.8. The first kappa shape index (κ1) is 99.4. The lowest BCUT2D eigenvalue weighted by atomic mass is 9.75. The van der Waals surface area contributed by atoms with Crippen molar-refractivity contribution in [2.75, 3.05) is 59.0 Å². The normalized spacial score (nSPS) is 17.6. The molecule has 4 aliphatic heterocycles. The number of carbonyl (C=O) groups excluding carboxylic acids is 2. The molecule has 46 heteroatoms. The number of rotatable bonds is 36. The monoisotopic (exact) mass is 1930 g/mol. The van der Waals surface area contributed by atoms with Gasteiger partial charge in [0.1, 0.15) is 18.0 Å². The zero-order valence-corrected chi connectivity index (χ0v) is 76.5. The van der Waals surface area contributed by atoms with E-state index >= 15 is 0 Å². The van der Waals surface area contributed by atoms with Gasteiger partial charge in [0, 0.05) is 142 Å². The SMILES string of the molecule is CC1(C)C(/C=C/C=C2/N(CCCS(=O)(=O)O)c3cc(S(=O)(=O)O)cc(C(=O)O)c3C2(C)C)=[N+](CCCS(=O)(=O)[O-])c2ccc(CNC(=O)c3ccc(CNC(=O)CCCCC[N+]4=C(C=CC=C5N(CCCS(=O)(=O)[O-])c6ccc7ccc(S(=O)(=O)O)cc7c6C5(C)CCCS(=O)(=O)O)C(C)(C)c5c4ccc4c(S(=O)(=O)O)cc(S(=O)(=O)O)cc54)cc3)cc21.O=S(=O)=O. The number of nitrogens with one attached hydrogen (secondary N) is 2. The second kappa shape index (κ2) is 37.4. The highest BCUT2D eigenvalue weighted by molar-refractivity contribution is 7.87.